The molecule has 0 saturated heterocycles. The third kappa shape index (κ3) is 3.38. The fourth-order valence-electron chi connectivity index (χ4n) is 7.14. The number of hydrogen-bond donors (Lipinski definition) is 0. The molecule has 0 fully saturated rings. The van der Waals surface area contributed by atoms with E-state index in [1.807, 2.05) is 6.07 Å². The summed E-state index contributed by atoms with van der Waals surface area (Å²) >= 11 is 0. The van der Waals surface area contributed by atoms with E-state index in [-0.39, 0.29) is 0 Å². The monoisotopic (exact) mass is 576 g/mol. The summed E-state index contributed by atoms with van der Waals surface area (Å²) in [6, 6.07) is 48.9. The third-order valence-electron chi connectivity index (χ3n) is 9.02. The Hall–Kier alpha value is -6.20. The lowest BCUT2D eigenvalue weighted by Crippen LogP contribution is -2.03. The molecule has 0 bridgehead atoms. The summed E-state index contributed by atoms with van der Waals surface area (Å²) < 4.78 is 10.7. The van der Waals surface area contributed by atoms with Crippen molar-refractivity contribution in [2.45, 2.75) is 0 Å². The molecule has 0 amide bonds. The van der Waals surface area contributed by atoms with Gasteiger partial charge in [-0.15, -0.1) is 0 Å². The zero-order chi connectivity index (χ0) is 29.5. The van der Waals surface area contributed by atoms with E-state index in [2.05, 4.69) is 143 Å². The molecule has 210 valence electrons. The molecule has 0 aliphatic rings. The molecule has 6 aromatic carbocycles. The molecule has 4 heterocycles. The average molecular weight is 577 g/mol. The van der Waals surface area contributed by atoms with Crippen molar-refractivity contribution in [1.82, 2.24) is 19.1 Å². The minimum Gasteiger partial charge on any atom is -0.460 e. The molecule has 0 saturated carbocycles. The summed E-state index contributed by atoms with van der Waals surface area (Å²) in [5, 5.41) is 7.15. The van der Waals surface area contributed by atoms with Crippen LogP contribution in [0.15, 0.2) is 150 Å². The fraction of sp³-hybridized carbons (Fsp3) is 0. The molecule has 0 aliphatic heterocycles. The Kier molecular flexibility index (Phi) is 4.93. The molecule has 5 nitrogen and oxygen atoms in total. The minimum atomic E-state index is 0.611. The highest BCUT2D eigenvalue weighted by Crippen LogP contribution is 2.41. The number of hydrogen-bond acceptors (Lipinski definition) is 3. The maximum Gasteiger partial charge on any atom is 0.236 e. The number of benzene rings is 6. The van der Waals surface area contributed by atoms with Crippen LogP contribution in [0.25, 0.3) is 88.4 Å². The Bertz CT molecular complexity index is 2770. The maximum absolute atomic E-state index is 6.13. The van der Waals surface area contributed by atoms with Crippen LogP contribution in [0, 0.1) is 0 Å². The summed E-state index contributed by atoms with van der Waals surface area (Å²) in [5.41, 5.74) is 8.64. The number of aromatic nitrogens is 4. The second kappa shape index (κ2) is 9.15. The van der Waals surface area contributed by atoms with Crippen LogP contribution < -0.4 is 0 Å². The zero-order valence-corrected chi connectivity index (χ0v) is 24.1. The van der Waals surface area contributed by atoms with Crippen LogP contribution in [0.1, 0.15) is 0 Å². The predicted molar refractivity (Wildman–Crippen MR) is 183 cm³/mol. The van der Waals surface area contributed by atoms with Crippen LogP contribution in [0.2, 0.25) is 0 Å². The van der Waals surface area contributed by atoms with E-state index in [1.54, 1.807) is 6.26 Å². The molecule has 0 radical (unpaired) electrons. The predicted octanol–water partition coefficient (Wildman–Crippen LogP) is 10.2. The topological polar surface area (TPSA) is 48.8 Å². The van der Waals surface area contributed by atoms with E-state index in [1.165, 1.54) is 26.9 Å². The molecule has 10 rings (SSSR count). The summed E-state index contributed by atoms with van der Waals surface area (Å²) in [6.07, 6.45) is 1.71. The summed E-state index contributed by atoms with van der Waals surface area (Å²) in [7, 11) is 0. The van der Waals surface area contributed by atoms with Crippen LogP contribution in [0.4, 0.5) is 0 Å². The van der Waals surface area contributed by atoms with Crippen molar-refractivity contribution in [2.24, 2.45) is 0 Å². The smallest absolute Gasteiger partial charge is 0.236 e. The summed E-state index contributed by atoms with van der Waals surface area (Å²) in [5.74, 6) is 0.611. The van der Waals surface area contributed by atoms with E-state index in [4.69, 9.17) is 14.4 Å². The molecule has 10 aromatic rings. The van der Waals surface area contributed by atoms with Gasteiger partial charge in [0, 0.05) is 38.9 Å². The Morgan fingerprint density at radius 1 is 0.489 bits per heavy atom. The van der Waals surface area contributed by atoms with E-state index in [0.29, 0.717) is 11.5 Å². The standard InChI is InChI=1S/C40H24N4O/c1-2-12-26(13-3-1)43-33-19-8-6-15-28(33)29-17-10-18-31(38(29)43)37-39-32(23-24-45-39)41-40(42-37)44-34-20-9-7-16-30(34)36-27-14-5-4-11-25(27)21-22-35(36)44/h1-24H. The molecule has 5 heteroatoms. The van der Waals surface area contributed by atoms with E-state index >= 15 is 0 Å². The quantitative estimate of drug-likeness (QED) is 0.210. The summed E-state index contributed by atoms with van der Waals surface area (Å²) in [6.45, 7) is 0. The lowest BCUT2D eigenvalue weighted by atomic mass is 10.0. The van der Waals surface area contributed by atoms with Crippen molar-refractivity contribution >= 4 is 65.5 Å². The Labute approximate surface area is 257 Å². The fourth-order valence-corrected chi connectivity index (χ4v) is 7.14. The first-order valence-electron chi connectivity index (χ1n) is 15.1. The lowest BCUT2D eigenvalue weighted by molar-refractivity contribution is 0.614. The van der Waals surface area contributed by atoms with Gasteiger partial charge in [-0.1, -0.05) is 103 Å². The van der Waals surface area contributed by atoms with Crippen molar-refractivity contribution in [2.75, 3.05) is 0 Å². The number of nitrogens with zero attached hydrogens (tertiary/aromatic N) is 4. The van der Waals surface area contributed by atoms with Gasteiger partial charge < -0.3 is 8.98 Å². The van der Waals surface area contributed by atoms with E-state index in [0.717, 1.165) is 49.9 Å². The Morgan fingerprint density at radius 2 is 1.20 bits per heavy atom. The molecule has 0 atom stereocenters. The Balaban J connectivity index is 1.34. The van der Waals surface area contributed by atoms with Crippen molar-refractivity contribution < 1.29 is 4.42 Å². The molecule has 45 heavy (non-hydrogen) atoms. The largest absolute Gasteiger partial charge is 0.460 e. The molecular formula is C40H24N4O. The first-order valence-corrected chi connectivity index (χ1v) is 15.1. The van der Waals surface area contributed by atoms with Gasteiger partial charge in [0.2, 0.25) is 5.95 Å². The summed E-state index contributed by atoms with van der Waals surface area (Å²) in [4.78, 5) is 10.5. The van der Waals surface area contributed by atoms with Crippen molar-refractivity contribution in [3.05, 3.63) is 146 Å². The molecule has 0 N–H and O–H groups in total. The highest BCUT2D eigenvalue weighted by atomic mass is 16.3. The molecule has 0 unspecified atom stereocenters. The molecular weight excluding hydrogens is 552 g/mol. The van der Waals surface area contributed by atoms with E-state index in [9.17, 15) is 0 Å². The third-order valence-corrected chi connectivity index (χ3v) is 9.02. The zero-order valence-electron chi connectivity index (χ0n) is 24.1. The minimum absolute atomic E-state index is 0.611. The lowest BCUT2D eigenvalue weighted by Gasteiger charge is -2.13. The highest BCUT2D eigenvalue weighted by molar-refractivity contribution is 6.21. The second-order valence-corrected chi connectivity index (χ2v) is 11.4. The Morgan fingerprint density at radius 3 is 2.07 bits per heavy atom. The molecule has 4 aromatic heterocycles. The van der Waals surface area contributed by atoms with Crippen LogP contribution >= 0.6 is 0 Å². The van der Waals surface area contributed by atoms with Crippen molar-refractivity contribution in [3.63, 3.8) is 0 Å². The van der Waals surface area contributed by atoms with Gasteiger partial charge in [0.25, 0.3) is 0 Å². The van der Waals surface area contributed by atoms with Crippen LogP contribution in [-0.4, -0.2) is 19.1 Å². The van der Waals surface area contributed by atoms with Gasteiger partial charge >= 0.3 is 0 Å². The highest BCUT2D eigenvalue weighted by Gasteiger charge is 2.23. The first kappa shape index (κ1) is 24.3. The molecule has 0 aliphatic carbocycles. The molecule has 0 spiro atoms. The average Bonchev–Trinajstić information content (AvgIpc) is 3.81. The van der Waals surface area contributed by atoms with Gasteiger partial charge in [-0.05, 0) is 41.1 Å². The van der Waals surface area contributed by atoms with Crippen LogP contribution in [0.5, 0.6) is 0 Å². The SMILES string of the molecule is c1ccc(-n2c3ccccc3c3cccc(-c4nc(-n5c6ccccc6c6c7ccccc7ccc65)nc5ccoc45)c32)cc1. The number of furan rings is 1. The second-order valence-electron chi connectivity index (χ2n) is 11.4. The van der Waals surface area contributed by atoms with E-state index < -0.39 is 0 Å². The normalized spacial score (nSPS) is 12.0. The van der Waals surface area contributed by atoms with Crippen molar-refractivity contribution in [1.29, 1.82) is 0 Å². The number of rotatable bonds is 3. The van der Waals surface area contributed by atoms with Gasteiger partial charge in [0.1, 0.15) is 11.2 Å². The van der Waals surface area contributed by atoms with Crippen LogP contribution in [-0.2, 0) is 0 Å². The number of para-hydroxylation sites is 4. The maximum atomic E-state index is 6.13. The van der Waals surface area contributed by atoms with Gasteiger partial charge in [-0.2, -0.15) is 0 Å². The first-order chi connectivity index (χ1) is 22.3. The van der Waals surface area contributed by atoms with Gasteiger partial charge in [0.05, 0.1) is 28.3 Å². The number of fused-ring (bicyclic) bond motifs is 9. The van der Waals surface area contributed by atoms with Crippen LogP contribution in [0.3, 0.4) is 0 Å². The van der Waals surface area contributed by atoms with Gasteiger partial charge in [-0.3, -0.25) is 4.57 Å². The van der Waals surface area contributed by atoms with Gasteiger partial charge in [-0.25, -0.2) is 9.97 Å². The van der Waals surface area contributed by atoms with Crippen molar-refractivity contribution in [3.8, 4) is 22.9 Å². The van der Waals surface area contributed by atoms with Gasteiger partial charge in [0.15, 0.2) is 5.58 Å².